The molecule has 0 heterocycles. The van der Waals surface area contributed by atoms with E-state index in [0.29, 0.717) is 5.75 Å². The molecule has 0 fully saturated rings. The highest BCUT2D eigenvalue weighted by Gasteiger charge is 2.21. The van der Waals surface area contributed by atoms with Crippen molar-refractivity contribution in [3.63, 3.8) is 0 Å². The van der Waals surface area contributed by atoms with Crippen molar-refractivity contribution < 1.29 is 5.11 Å². The van der Waals surface area contributed by atoms with Crippen molar-refractivity contribution >= 4 is 64.6 Å². The minimum absolute atomic E-state index is 0.296. The van der Waals surface area contributed by atoms with E-state index in [9.17, 15) is 5.11 Å². The Kier molecular flexibility index (Phi) is 6.10. The van der Waals surface area contributed by atoms with Gasteiger partial charge in [0, 0.05) is 11.1 Å². The molecule has 0 unspecified atom stereocenters. The van der Waals surface area contributed by atoms with Crippen molar-refractivity contribution in [3.05, 3.63) is 176 Å². The van der Waals surface area contributed by atoms with Crippen LogP contribution in [0.25, 0.3) is 98.0 Å². The largest absolute Gasteiger partial charge is 0.507 e. The number of rotatable bonds is 3. The molecule has 0 saturated carbocycles. The number of aromatic hydroxyl groups is 1. The summed E-state index contributed by atoms with van der Waals surface area (Å²) in [7, 11) is 0. The van der Waals surface area contributed by atoms with Gasteiger partial charge in [0.25, 0.3) is 0 Å². The molecule has 0 amide bonds. The van der Waals surface area contributed by atoms with Crippen LogP contribution in [0.1, 0.15) is 0 Å². The molecule has 1 heteroatoms. The van der Waals surface area contributed by atoms with Gasteiger partial charge in [-0.15, -0.1) is 0 Å². The lowest BCUT2D eigenvalue weighted by Crippen LogP contribution is -1.92. The Morgan fingerprint density at radius 2 is 0.653 bits per heavy atom. The van der Waals surface area contributed by atoms with Crippen LogP contribution < -0.4 is 0 Å². The average Bonchev–Trinajstić information content (AvgIpc) is 3.17. The van der Waals surface area contributed by atoms with Crippen LogP contribution in [0, 0.1) is 0 Å². The van der Waals surface area contributed by atoms with Crippen molar-refractivity contribution in [2.45, 2.75) is 0 Å². The van der Waals surface area contributed by atoms with Gasteiger partial charge in [-0.25, -0.2) is 0 Å². The minimum Gasteiger partial charge on any atom is -0.507 e. The summed E-state index contributed by atoms with van der Waals surface area (Å²) in [6.07, 6.45) is 0. The van der Waals surface area contributed by atoms with E-state index in [1.807, 2.05) is 0 Å². The Balaban J connectivity index is 1.32. The molecule has 10 aromatic rings. The zero-order valence-electron chi connectivity index (χ0n) is 26.7. The van der Waals surface area contributed by atoms with Gasteiger partial charge in [-0.1, -0.05) is 146 Å². The van der Waals surface area contributed by atoms with Gasteiger partial charge in [-0.2, -0.15) is 0 Å². The Labute approximate surface area is 283 Å². The van der Waals surface area contributed by atoms with E-state index < -0.39 is 0 Å². The Morgan fingerprint density at radius 3 is 1.24 bits per heavy atom. The molecule has 49 heavy (non-hydrogen) atoms. The molecule has 1 nitrogen and oxygen atoms in total. The van der Waals surface area contributed by atoms with E-state index in [4.69, 9.17) is 0 Å². The molecule has 0 bridgehead atoms. The fraction of sp³-hybridized carbons (Fsp3) is 0. The zero-order chi connectivity index (χ0) is 32.5. The van der Waals surface area contributed by atoms with Crippen molar-refractivity contribution in [3.8, 4) is 39.1 Å². The van der Waals surface area contributed by atoms with Crippen LogP contribution in [0.3, 0.4) is 0 Å². The molecule has 228 valence electrons. The van der Waals surface area contributed by atoms with Crippen molar-refractivity contribution in [2.75, 3.05) is 0 Å². The predicted molar refractivity (Wildman–Crippen MR) is 209 cm³/mol. The van der Waals surface area contributed by atoms with Gasteiger partial charge < -0.3 is 5.11 Å². The minimum atomic E-state index is 0.296. The van der Waals surface area contributed by atoms with E-state index in [-0.39, 0.29) is 0 Å². The second-order valence-corrected chi connectivity index (χ2v) is 13.0. The van der Waals surface area contributed by atoms with Gasteiger partial charge in [0.2, 0.25) is 0 Å². The molecule has 0 radical (unpaired) electrons. The van der Waals surface area contributed by atoms with Crippen LogP contribution in [0.2, 0.25) is 0 Å². The number of hydrogen-bond acceptors (Lipinski definition) is 1. The molecule has 10 aromatic carbocycles. The quantitative estimate of drug-likeness (QED) is 0.194. The van der Waals surface area contributed by atoms with Gasteiger partial charge in [0.1, 0.15) is 5.75 Å². The first kappa shape index (κ1) is 27.7. The highest BCUT2D eigenvalue weighted by molar-refractivity contribution is 6.19. The molecule has 0 aliphatic heterocycles. The van der Waals surface area contributed by atoms with Crippen LogP contribution in [0.4, 0.5) is 0 Å². The topological polar surface area (TPSA) is 20.2 Å². The molecule has 1 N–H and O–H groups in total. The van der Waals surface area contributed by atoms with Gasteiger partial charge in [0.15, 0.2) is 0 Å². The summed E-state index contributed by atoms with van der Waals surface area (Å²) >= 11 is 0. The van der Waals surface area contributed by atoms with Crippen molar-refractivity contribution in [1.82, 2.24) is 0 Å². The van der Waals surface area contributed by atoms with Crippen LogP contribution in [-0.4, -0.2) is 5.11 Å². The van der Waals surface area contributed by atoms with Gasteiger partial charge in [0.05, 0.1) is 0 Å². The molecule has 0 aliphatic carbocycles. The molecule has 0 spiro atoms. The molecular formula is C48H30O. The molecule has 0 aromatic heterocycles. The molecular weight excluding hydrogens is 593 g/mol. The standard InChI is InChI=1S/C48H30O/c49-48-46(44-27-32-15-3-6-18-36(32)40-22-10-12-24-42(40)44)28-33-16-4-8-20-38(33)47(48)45-29-34(25-30-13-1-7-19-37(30)45)43-26-31-14-2-5-17-35(31)39-21-9-11-23-41(39)43/h1-29,49H. The molecule has 0 atom stereocenters. The van der Waals surface area contributed by atoms with Crippen molar-refractivity contribution in [2.24, 2.45) is 0 Å². The summed E-state index contributed by atoms with van der Waals surface area (Å²) in [5.41, 5.74) is 6.04. The smallest absolute Gasteiger partial charge is 0.131 e. The van der Waals surface area contributed by atoms with Crippen LogP contribution in [-0.2, 0) is 0 Å². The lowest BCUT2D eigenvalue weighted by atomic mass is 9.85. The van der Waals surface area contributed by atoms with E-state index in [1.165, 1.54) is 37.9 Å². The lowest BCUT2D eigenvalue weighted by molar-refractivity contribution is 0.480. The van der Waals surface area contributed by atoms with E-state index in [2.05, 4.69) is 176 Å². The lowest BCUT2D eigenvalue weighted by Gasteiger charge is -2.19. The Morgan fingerprint density at radius 1 is 0.265 bits per heavy atom. The van der Waals surface area contributed by atoms with Gasteiger partial charge in [-0.05, 0) is 117 Å². The number of phenolic OH excluding ortho intramolecular Hbond substituents is 1. The first-order valence-corrected chi connectivity index (χ1v) is 16.8. The third-order valence-corrected chi connectivity index (χ3v) is 10.3. The average molecular weight is 623 g/mol. The SMILES string of the molecule is Oc1c(-c2cc3ccccc3c3ccccc23)cc2ccccc2c1-c1cc(-c2cc3ccccc3c3ccccc23)cc2ccccc12. The van der Waals surface area contributed by atoms with Crippen LogP contribution >= 0.6 is 0 Å². The first-order chi connectivity index (χ1) is 24.2. The Hall–Kier alpha value is -6.44. The third kappa shape index (κ3) is 4.26. The fourth-order valence-electron chi connectivity index (χ4n) is 8.06. The second kappa shape index (κ2) is 10.8. The normalized spacial score (nSPS) is 11.8. The summed E-state index contributed by atoms with van der Waals surface area (Å²) in [5, 5.41) is 26.6. The molecule has 0 aliphatic rings. The fourth-order valence-corrected chi connectivity index (χ4v) is 8.06. The van der Waals surface area contributed by atoms with E-state index in [0.717, 1.165) is 60.1 Å². The summed E-state index contributed by atoms with van der Waals surface area (Å²) < 4.78 is 0. The Bertz CT molecular complexity index is 2950. The number of hydrogen-bond donors (Lipinski definition) is 1. The maximum atomic E-state index is 12.7. The highest BCUT2D eigenvalue weighted by atomic mass is 16.3. The van der Waals surface area contributed by atoms with Crippen LogP contribution in [0.5, 0.6) is 5.75 Å². The van der Waals surface area contributed by atoms with Gasteiger partial charge >= 0.3 is 0 Å². The summed E-state index contributed by atoms with van der Waals surface area (Å²) in [6, 6.07) is 62.7. The summed E-state index contributed by atoms with van der Waals surface area (Å²) in [5.74, 6) is 0.296. The van der Waals surface area contributed by atoms with Crippen LogP contribution in [0.15, 0.2) is 176 Å². The van der Waals surface area contributed by atoms with Gasteiger partial charge in [-0.3, -0.25) is 0 Å². The molecule has 10 rings (SSSR count). The number of fused-ring (bicyclic) bond motifs is 8. The maximum absolute atomic E-state index is 12.7. The predicted octanol–water partition coefficient (Wildman–Crippen LogP) is 13.3. The zero-order valence-corrected chi connectivity index (χ0v) is 26.7. The number of benzene rings is 10. The summed E-state index contributed by atoms with van der Waals surface area (Å²) in [4.78, 5) is 0. The maximum Gasteiger partial charge on any atom is 0.131 e. The van der Waals surface area contributed by atoms with E-state index >= 15 is 0 Å². The van der Waals surface area contributed by atoms with Crippen molar-refractivity contribution in [1.29, 1.82) is 0 Å². The summed E-state index contributed by atoms with van der Waals surface area (Å²) in [6.45, 7) is 0. The highest BCUT2D eigenvalue weighted by Crippen LogP contribution is 2.49. The van der Waals surface area contributed by atoms with E-state index in [1.54, 1.807) is 0 Å². The monoisotopic (exact) mass is 622 g/mol. The first-order valence-electron chi connectivity index (χ1n) is 16.8. The number of phenols is 1. The molecule has 0 saturated heterocycles. The third-order valence-electron chi connectivity index (χ3n) is 10.3. The second-order valence-electron chi connectivity index (χ2n) is 13.0.